The Balaban J connectivity index is 1.94. The Morgan fingerprint density at radius 1 is 1.26 bits per heavy atom. The number of nitrogens with zero attached hydrogens (tertiary/aromatic N) is 1. The molecule has 2 fully saturated rings. The first-order chi connectivity index (χ1) is 10.9. The SMILES string of the molecule is CC1CCC2(CC1)OCC(C(=O)O)N2C(=O)c1ccc(Cl)cc1. The molecule has 1 aliphatic heterocycles. The van der Waals surface area contributed by atoms with Gasteiger partial charge >= 0.3 is 5.97 Å². The van der Waals surface area contributed by atoms with Crippen LogP contribution in [0.2, 0.25) is 5.02 Å². The number of halogens is 1. The first kappa shape index (κ1) is 16.3. The third-order valence-corrected chi connectivity index (χ3v) is 5.16. The Kier molecular flexibility index (Phi) is 4.34. The van der Waals surface area contributed by atoms with Crippen LogP contribution in [-0.4, -0.2) is 40.3 Å². The Morgan fingerprint density at radius 3 is 2.43 bits per heavy atom. The average Bonchev–Trinajstić information content (AvgIpc) is 2.90. The zero-order valence-electron chi connectivity index (χ0n) is 13.0. The van der Waals surface area contributed by atoms with Crippen LogP contribution in [-0.2, 0) is 9.53 Å². The van der Waals surface area contributed by atoms with Gasteiger partial charge in [0.15, 0.2) is 6.04 Å². The molecule has 1 aromatic carbocycles. The van der Waals surface area contributed by atoms with Crippen molar-refractivity contribution in [3.05, 3.63) is 34.9 Å². The number of carboxylic acids is 1. The molecule has 2 aliphatic rings. The predicted molar refractivity (Wildman–Crippen MR) is 85.4 cm³/mol. The summed E-state index contributed by atoms with van der Waals surface area (Å²) >= 11 is 5.87. The Bertz CT molecular complexity index is 608. The molecule has 3 rings (SSSR count). The van der Waals surface area contributed by atoms with E-state index in [4.69, 9.17) is 16.3 Å². The van der Waals surface area contributed by atoms with E-state index in [0.717, 1.165) is 12.8 Å². The molecule has 124 valence electrons. The fourth-order valence-corrected chi connectivity index (χ4v) is 3.63. The molecule has 1 atom stereocenters. The van der Waals surface area contributed by atoms with Gasteiger partial charge in [-0.2, -0.15) is 0 Å². The van der Waals surface area contributed by atoms with Gasteiger partial charge in [-0.1, -0.05) is 18.5 Å². The van der Waals surface area contributed by atoms with Crippen molar-refractivity contribution in [3.8, 4) is 0 Å². The fourth-order valence-electron chi connectivity index (χ4n) is 3.50. The molecular weight excluding hydrogens is 318 g/mol. The number of benzene rings is 1. The lowest BCUT2D eigenvalue weighted by Crippen LogP contribution is -2.55. The highest BCUT2D eigenvalue weighted by molar-refractivity contribution is 6.30. The number of carbonyl (C=O) groups excluding carboxylic acids is 1. The van der Waals surface area contributed by atoms with Gasteiger partial charge < -0.3 is 9.84 Å². The van der Waals surface area contributed by atoms with Gasteiger partial charge in [0.25, 0.3) is 5.91 Å². The van der Waals surface area contributed by atoms with Crippen molar-refractivity contribution >= 4 is 23.5 Å². The summed E-state index contributed by atoms with van der Waals surface area (Å²) in [5.41, 5.74) is -0.351. The quantitative estimate of drug-likeness (QED) is 0.900. The molecule has 1 spiro atoms. The average molecular weight is 338 g/mol. The molecule has 0 radical (unpaired) electrons. The molecule has 1 heterocycles. The maximum Gasteiger partial charge on any atom is 0.328 e. The molecule has 23 heavy (non-hydrogen) atoms. The highest BCUT2D eigenvalue weighted by Crippen LogP contribution is 2.43. The molecule has 0 aromatic heterocycles. The summed E-state index contributed by atoms with van der Waals surface area (Å²) in [5, 5.41) is 10.0. The van der Waals surface area contributed by atoms with E-state index in [0.29, 0.717) is 29.3 Å². The summed E-state index contributed by atoms with van der Waals surface area (Å²) in [5.74, 6) is -0.760. The van der Waals surface area contributed by atoms with Gasteiger partial charge in [0.2, 0.25) is 0 Å². The summed E-state index contributed by atoms with van der Waals surface area (Å²) in [6.45, 7) is 2.21. The number of carboxylic acid groups (broad SMARTS) is 1. The third-order valence-electron chi connectivity index (χ3n) is 4.91. The van der Waals surface area contributed by atoms with E-state index >= 15 is 0 Å². The van der Waals surface area contributed by atoms with Crippen molar-refractivity contribution < 1.29 is 19.4 Å². The van der Waals surface area contributed by atoms with Crippen LogP contribution in [0.4, 0.5) is 0 Å². The first-order valence-corrected chi connectivity index (χ1v) is 8.27. The van der Waals surface area contributed by atoms with Crippen molar-refractivity contribution in [1.29, 1.82) is 0 Å². The maximum absolute atomic E-state index is 13.0. The van der Waals surface area contributed by atoms with Crippen LogP contribution < -0.4 is 0 Å². The topological polar surface area (TPSA) is 66.8 Å². The molecule has 1 amide bonds. The summed E-state index contributed by atoms with van der Waals surface area (Å²) in [6.07, 6.45) is 3.21. The minimum atomic E-state index is -1.03. The van der Waals surface area contributed by atoms with E-state index in [1.54, 1.807) is 24.3 Å². The number of amides is 1. The van der Waals surface area contributed by atoms with Crippen molar-refractivity contribution in [2.45, 2.75) is 44.4 Å². The zero-order valence-corrected chi connectivity index (χ0v) is 13.8. The standard InChI is InChI=1S/C17H20ClNO4/c1-11-6-8-17(9-7-11)19(14(10-23-17)16(21)22)15(20)12-2-4-13(18)5-3-12/h2-5,11,14H,6-10H2,1H3,(H,21,22). The normalized spacial score (nSPS) is 30.6. The van der Waals surface area contributed by atoms with Crippen molar-refractivity contribution in [2.75, 3.05) is 6.61 Å². The second kappa shape index (κ2) is 6.13. The van der Waals surface area contributed by atoms with Gasteiger partial charge in [0.05, 0.1) is 6.61 Å². The molecule has 0 bridgehead atoms. The van der Waals surface area contributed by atoms with Gasteiger partial charge in [-0.3, -0.25) is 9.69 Å². The van der Waals surface area contributed by atoms with Crippen molar-refractivity contribution in [2.24, 2.45) is 5.92 Å². The van der Waals surface area contributed by atoms with Crippen LogP contribution in [0.25, 0.3) is 0 Å². The van der Waals surface area contributed by atoms with Gasteiger partial charge in [0.1, 0.15) is 5.72 Å². The third kappa shape index (κ3) is 2.95. The minimum absolute atomic E-state index is 0.0447. The molecule has 1 aromatic rings. The first-order valence-electron chi connectivity index (χ1n) is 7.89. The van der Waals surface area contributed by atoms with E-state index in [-0.39, 0.29) is 12.5 Å². The number of hydrogen-bond donors (Lipinski definition) is 1. The Hall–Kier alpha value is -1.59. The second-order valence-electron chi connectivity index (χ2n) is 6.48. The Labute approximate surface area is 140 Å². The molecule has 1 unspecified atom stereocenters. The van der Waals surface area contributed by atoms with Gasteiger partial charge in [0, 0.05) is 10.6 Å². The van der Waals surface area contributed by atoms with Crippen LogP contribution in [0.15, 0.2) is 24.3 Å². The molecule has 1 saturated heterocycles. The molecule has 5 nitrogen and oxygen atoms in total. The van der Waals surface area contributed by atoms with Gasteiger partial charge in [-0.25, -0.2) is 4.79 Å². The Morgan fingerprint density at radius 2 is 1.87 bits per heavy atom. The molecule has 1 aliphatic carbocycles. The van der Waals surface area contributed by atoms with Gasteiger partial charge in [-0.05, 0) is 55.9 Å². The zero-order chi connectivity index (χ0) is 16.6. The van der Waals surface area contributed by atoms with Crippen LogP contribution in [0.3, 0.4) is 0 Å². The predicted octanol–water partition coefficient (Wildman–Crippen LogP) is 3.17. The lowest BCUT2D eigenvalue weighted by atomic mass is 9.83. The number of rotatable bonds is 2. The summed E-state index contributed by atoms with van der Waals surface area (Å²) in [6, 6.07) is 5.59. The van der Waals surface area contributed by atoms with Gasteiger partial charge in [-0.15, -0.1) is 0 Å². The smallest absolute Gasteiger partial charge is 0.328 e. The highest BCUT2D eigenvalue weighted by atomic mass is 35.5. The lowest BCUT2D eigenvalue weighted by Gasteiger charge is -2.42. The molecular formula is C17H20ClNO4. The van der Waals surface area contributed by atoms with Crippen LogP contribution in [0.1, 0.15) is 43.0 Å². The largest absolute Gasteiger partial charge is 0.480 e. The highest BCUT2D eigenvalue weighted by Gasteiger charge is 2.53. The van der Waals surface area contributed by atoms with E-state index in [1.807, 2.05) is 0 Å². The number of aliphatic carboxylic acids is 1. The van der Waals surface area contributed by atoms with Crippen LogP contribution in [0.5, 0.6) is 0 Å². The summed E-state index contributed by atoms with van der Waals surface area (Å²) < 4.78 is 5.88. The molecule has 1 N–H and O–H groups in total. The summed E-state index contributed by atoms with van der Waals surface area (Å²) in [7, 11) is 0. The maximum atomic E-state index is 13.0. The minimum Gasteiger partial charge on any atom is -0.480 e. The van der Waals surface area contributed by atoms with E-state index in [2.05, 4.69) is 6.92 Å². The van der Waals surface area contributed by atoms with Crippen LogP contribution >= 0.6 is 11.6 Å². The van der Waals surface area contributed by atoms with Crippen LogP contribution in [0, 0.1) is 5.92 Å². The number of hydrogen-bond acceptors (Lipinski definition) is 3. The molecule has 6 heteroatoms. The fraction of sp³-hybridized carbons (Fsp3) is 0.529. The number of carbonyl (C=O) groups is 2. The van der Waals surface area contributed by atoms with Crippen molar-refractivity contribution in [1.82, 2.24) is 4.90 Å². The molecule has 1 saturated carbocycles. The summed E-state index contributed by atoms with van der Waals surface area (Å²) in [4.78, 5) is 26.0. The number of ether oxygens (including phenoxy) is 1. The van der Waals surface area contributed by atoms with E-state index < -0.39 is 17.7 Å². The van der Waals surface area contributed by atoms with Crippen molar-refractivity contribution in [3.63, 3.8) is 0 Å². The lowest BCUT2D eigenvalue weighted by molar-refractivity contribution is -0.143. The second-order valence-corrected chi connectivity index (χ2v) is 6.91. The van der Waals surface area contributed by atoms with E-state index in [1.165, 1.54) is 4.90 Å². The van der Waals surface area contributed by atoms with E-state index in [9.17, 15) is 14.7 Å². The monoisotopic (exact) mass is 337 g/mol.